The number of nitrogens with zero attached hydrogens (tertiary/aromatic N) is 3. The summed E-state index contributed by atoms with van der Waals surface area (Å²) in [7, 11) is 1.58. The van der Waals surface area contributed by atoms with Gasteiger partial charge in [-0.1, -0.05) is 0 Å². The summed E-state index contributed by atoms with van der Waals surface area (Å²) in [6.07, 6.45) is 2.06. The number of carbonyl (C=O) groups is 1. The van der Waals surface area contributed by atoms with Crippen LogP contribution in [0.15, 0.2) is 4.42 Å². The Morgan fingerprint density at radius 2 is 2.18 bits per heavy atom. The third-order valence-corrected chi connectivity index (χ3v) is 4.93. The molecular formula is C14H19N3O5. The Kier molecular flexibility index (Phi) is 3.39. The summed E-state index contributed by atoms with van der Waals surface area (Å²) in [5.41, 5.74) is -0.481. The predicted molar refractivity (Wildman–Crippen MR) is 71.4 cm³/mol. The SMILES string of the molecule is COCc1nnc([C@]23CC[C@H]2CCN3C(=O)C2OCCO2)o1. The third-order valence-electron chi connectivity index (χ3n) is 4.93. The molecule has 0 aromatic carbocycles. The molecule has 0 N–H and O–H groups in total. The van der Waals surface area contributed by atoms with E-state index in [1.54, 1.807) is 7.11 Å². The van der Waals surface area contributed by atoms with Crippen LogP contribution in [0.3, 0.4) is 0 Å². The largest absolute Gasteiger partial charge is 0.420 e. The lowest BCUT2D eigenvalue weighted by molar-refractivity contribution is -0.169. The lowest BCUT2D eigenvalue weighted by Gasteiger charge is -2.47. The van der Waals surface area contributed by atoms with Gasteiger partial charge in [-0.25, -0.2) is 0 Å². The van der Waals surface area contributed by atoms with Crippen LogP contribution in [0.5, 0.6) is 0 Å². The van der Waals surface area contributed by atoms with Crippen LogP contribution >= 0.6 is 0 Å². The molecule has 1 saturated carbocycles. The van der Waals surface area contributed by atoms with E-state index in [2.05, 4.69) is 10.2 Å². The molecule has 2 aliphatic heterocycles. The van der Waals surface area contributed by atoms with E-state index in [4.69, 9.17) is 18.6 Å². The summed E-state index contributed by atoms with van der Waals surface area (Å²) in [6.45, 7) is 1.86. The van der Waals surface area contributed by atoms with Crippen molar-refractivity contribution in [1.29, 1.82) is 0 Å². The van der Waals surface area contributed by atoms with Crippen LogP contribution in [0.4, 0.5) is 0 Å². The van der Waals surface area contributed by atoms with E-state index in [0.717, 1.165) is 19.3 Å². The summed E-state index contributed by atoms with van der Waals surface area (Å²) in [5.74, 6) is 1.18. The van der Waals surface area contributed by atoms with Gasteiger partial charge in [0.2, 0.25) is 18.1 Å². The summed E-state index contributed by atoms with van der Waals surface area (Å²) in [5, 5.41) is 8.19. The van der Waals surface area contributed by atoms with Gasteiger partial charge >= 0.3 is 0 Å². The smallest absolute Gasteiger partial charge is 0.280 e. The van der Waals surface area contributed by atoms with Gasteiger partial charge in [0.1, 0.15) is 12.1 Å². The number of hydrogen-bond acceptors (Lipinski definition) is 7. The Labute approximate surface area is 127 Å². The maximum Gasteiger partial charge on any atom is 0.280 e. The van der Waals surface area contributed by atoms with Crippen LogP contribution < -0.4 is 0 Å². The first-order valence-electron chi connectivity index (χ1n) is 7.62. The molecule has 120 valence electrons. The van der Waals surface area contributed by atoms with Gasteiger partial charge in [-0.3, -0.25) is 4.79 Å². The van der Waals surface area contributed by atoms with Crippen molar-refractivity contribution in [2.45, 2.75) is 37.7 Å². The zero-order valence-electron chi connectivity index (χ0n) is 12.5. The van der Waals surface area contributed by atoms with Gasteiger partial charge in [-0.05, 0) is 25.2 Å². The predicted octanol–water partition coefficient (Wildman–Crippen LogP) is 0.426. The monoisotopic (exact) mass is 309 g/mol. The molecule has 0 unspecified atom stereocenters. The summed E-state index contributed by atoms with van der Waals surface area (Å²) >= 11 is 0. The first-order valence-corrected chi connectivity index (χ1v) is 7.62. The van der Waals surface area contributed by atoms with Crippen molar-refractivity contribution in [3.8, 4) is 0 Å². The second-order valence-corrected chi connectivity index (χ2v) is 5.95. The molecule has 1 aromatic heterocycles. The number of amides is 1. The van der Waals surface area contributed by atoms with E-state index >= 15 is 0 Å². The minimum absolute atomic E-state index is 0.133. The van der Waals surface area contributed by atoms with Crippen LogP contribution in [-0.4, -0.2) is 54.2 Å². The zero-order chi connectivity index (χ0) is 15.2. The van der Waals surface area contributed by atoms with Gasteiger partial charge in [0, 0.05) is 13.7 Å². The number of aromatic nitrogens is 2. The average Bonchev–Trinajstić information content (AvgIpc) is 3.19. The van der Waals surface area contributed by atoms with E-state index in [1.807, 2.05) is 4.90 Å². The van der Waals surface area contributed by atoms with E-state index in [9.17, 15) is 4.79 Å². The molecule has 1 amide bonds. The summed E-state index contributed by atoms with van der Waals surface area (Å²) in [6, 6.07) is 0. The fraction of sp³-hybridized carbons (Fsp3) is 0.786. The Hall–Kier alpha value is -1.51. The van der Waals surface area contributed by atoms with Crippen LogP contribution in [0.1, 0.15) is 31.0 Å². The van der Waals surface area contributed by atoms with Crippen molar-refractivity contribution in [3.05, 3.63) is 11.8 Å². The number of rotatable bonds is 4. The molecule has 22 heavy (non-hydrogen) atoms. The van der Waals surface area contributed by atoms with Crippen LogP contribution in [0, 0.1) is 5.92 Å². The highest BCUT2D eigenvalue weighted by Gasteiger charge is 2.62. The number of methoxy groups -OCH3 is 1. The molecule has 0 spiro atoms. The number of hydrogen-bond donors (Lipinski definition) is 0. The second-order valence-electron chi connectivity index (χ2n) is 5.95. The van der Waals surface area contributed by atoms with E-state index in [1.165, 1.54) is 0 Å². The standard InChI is InChI=1S/C14H19N3O5/c1-19-8-10-15-16-13(22-10)14-4-2-9(14)3-5-17(14)11(18)12-20-6-7-21-12/h9,12H,2-8H2,1H3/t9-,14-/m0/s1. The van der Waals surface area contributed by atoms with Crippen LogP contribution in [0.2, 0.25) is 0 Å². The van der Waals surface area contributed by atoms with Crippen molar-refractivity contribution >= 4 is 5.91 Å². The van der Waals surface area contributed by atoms with Crippen molar-refractivity contribution in [1.82, 2.24) is 15.1 Å². The summed E-state index contributed by atoms with van der Waals surface area (Å²) < 4.78 is 21.5. The molecule has 0 radical (unpaired) electrons. The van der Waals surface area contributed by atoms with E-state index in [-0.39, 0.29) is 12.5 Å². The molecule has 3 aliphatic rings. The molecule has 8 nitrogen and oxygen atoms in total. The van der Waals surface area contributed by atoms with Crippen LogP contribution in [-0.2, 0) is 31.2 Å². The first kappa shape index (κ1) is 14.1. The molecule has 3 fully saturated rings. The van der Waals surface area contributed by atoms with Crippen molar-refractivity contribution in [3.63, 3.8) is 0 Å². The van der Waals surface area contributed by atoms with E-state index in [0.29, 0.717) is 37.5 Å². The van der Waals surface area contributed by atoms with Gasteiger partial charge in [0.15, 0.2) is 0 Å². The lowest BCUT2D eigenvalue weighted by Crippen LogP contribution is -2.56. The molecule has 0 bridgehead atoms. The quantitative estimate of drug-likeness (QED) is 0.797. The molecular weight excluding hydrogens is 290 g/mol. The number of fused-ring (bicyclic) bond motifs is 1. The molecule has 2 atom stereocenters. The number of likely N-dealkylation sites (tertiary alicyclic amines) is 1. The van der Waals surface area contributed by atoms with Gasteiger partial charge in [0.05, 0.1) is 13.2 Å². The average molecular weight is 309 g/mol. The Bertz CT molecular complexity index is 571. The Morgan fingerprint density at radius 3 is 2.86 bits per heavy atom. The fourth-order valence-electron chi connectivity index (χ4n) is 3.79. The lowest BCUT2D eigenvalue weighted by atomic mass is 9.67. The summed E-state index contributed by atoms with van der Waals surface area (Å²) in [4.78, 5) is 14.5. The maximum atomic E-state index is 12.7. The van der Waals surface area contributed by atoms with Crippen LogP contribution in [0.25, 0.3) is 0 Å². The molecule has 3 heterocycles. The minimum atomic E-state index is -0.794. The minimum Gasteiger partial charge on any atom is -0.420 e. The van der Waals surface area contributed by atoms with Crippen molar-refractivity contribution in [2.24, 2.45) is 5.92 Å². The maximum absolute atomic E-state index is 12.7. The van der Waals surface area contributed by atoms with E-state index < -0.39 is 11.8 Å². The van der Waals surface area contributed by atoms with Gasteiger partial charge in [-0.2, -0.15) is 0 Å². The van der Waals surface area contributed by atoms with Gasteiger partial charge in [-0.15, -0.1) is 10.2 Å². The number of carbonyl (C=O) groups excluding carboxylic acids is 1. The molecule has 8 heteroatoms. The highest BCUT2D eigenvalue weighted by molar-refractivity contribution is 5.81. The van der Waals surface area contributed by atoms with Gasteiger partial charge in [0.25, 0.3) is 5.91 Å². The normalized spacial score (nSPS) is 31.3. The van der Waals surface area contributed by atoms with Crippen molar-refractivity contribution in [2.75, 3.05) is 26.9 Å². The molecule has 1 aliphatic carbocycles. The third kappa shape index (κ3) is 1.90. The highest BCUT2D eigenvalue weighted by Crippen LogP contribution is 2.56. The Balaban J connectivity index is 1.62. The Morgan fingerprint density at radius 1 is 1.36 bits per heavy atom. The molecule has 1 aromatic rings. The fourth-order valence-corrected chi connectivity index (χ4v) is 3.79. The van der Waals surface area contributed by atoms with Crippen molar-refractivity contribution < 1.29 is 23.4 Å². The molecule has 2 saturated heterocycles. The number of ether oxygens (including phenoxy) is 3. The molecule has 4 rings (SSSR count). The topological polar surface area (TPSA) is 86.9 Å². The van der Waals surface area contributed by atoms with Gasteiger partial charge < -0.3 is 23.5 Å². The highest BCUT2D eigenvalue weighted by atomic mass is 16.7. The second kappa shape index (κ2) is 5.29. The first-order chi connectivity index (χ1) is 10.8. The zero-order valence-corrected chi connectivity index (χ0v) is 12.5.